The molecule has 0 aliphatic carbocycles. The summed E-state index contributed by atoms with van der Waals surface area (Å²) in [5, 5.41) is 5.27. The van der Waals surface area contributed by atoms with Crippen LogP contribution in [0.1, 0.15) is 5.69 Å². The van der Waals surface area contributed by atoms with Gasteiger partial charge >= 0.3 is 0 Å². The van der Waals surface area contributed by atoms with Crippen molar-refractivity contribution in [2.75, 3.05) is 0 Å². The van der Waals surface area contributed by atoms with Gasteiger partial charge in [0.15, 0.2) is 5.15 Å². The highest BCUT2D eigenvalue weighted by Gasteiger charge is 2.10. The Kier molecular flexibility index (Phi) is 2.69. The van der Waals surface area contributed by atoms with Gasteiger partial charge in [-0.3, -0.25) is 0 Å². The van der Waals surface area contributed by atoms with Crippen molar-refractivity contribution >= 4 is 29.0 Å². The van der Waals surface area contributed by atoms with E-state index in [1.807, 2.05) is 24.3 Å². The van der Waals surface area contributed by atoms with Crippen LogP contribution in [0.5, 0.6) is 0 Å². The van der Waals surface area contributed by atoms with Crippen LogP contribution in [0.25, 0.3) is 17.0 Å². The molecule has 0 spiro atoms. The van der Waals surface area contributed by atoms with Gasteiger partial charge in [0, 0.05) is 5.56 Å². The summed E-state index contributed by atoms with van der Waals surface area (Å²) in [6.45, 7) is 1.80. The van der Waals surface area contributed by atoms with Crippen LogP contribution >= 0.6 is 23.2 Å². The van der Waals surface area contributed by atoms with Crippen molar-refractivity contribution in [3.63, 3.8) is 0 Å². The molecule has 3 aromatic rings. The fourth-order valence-electron chi connectivity index (χ4n) is 1.68. The highest BCUT2D eigenvalue weighted by atomic mass is 35.5. The molecule has 2 heterocycles. The summed E-state index contributed by atoms with van der Waals surface area (Å²) in [5.74, 6) is 0.459. The molecule has 2 aromatic heterocycles. The molecule has 0 bridgehead atoms. The smallest absolute Gasteiger partial charge is 0.209 e. The van der Waals surface area contributed by atoms with Gasteiger partial charge in [0.2, 0.25) is 0 Å². The van der Waals surface area contributed by atoms with Gasteiger partial charge in [-0.05, 0) is 13.0 Å². The minimum absolute atomic E-state index is 0.360. The lowest BCUT2D eigenvalue weighted by Crippen LogP contribution is -1.97. The summed E-state index contributed by atoms with van der Waals surface area (Å²) in [6, 6.07) is 7.50. The van der Waals surface area contributed by atoms with Gasteiger partial charge in [0.1, 0.15) is 0 Å². The summed E-state index contributed by atoms with van der Waals surface area (Å²) in [4.78, 5) is 8.53. The van der Waals surface area contributed by atoms with E-state index in [9.17, 15) is 0 Å². The maximum Gasteiger partial charge on any atom is 0.252 e. The van der Waals surface area contributed by atoms with Gasteiger partial charge in [-0.2, -0.15) is 10.1 Å². The lowest BCUT2D eigenvalue weighted by Gasteiger charge is -1.97. The Balaban J connectivity index is 2.23. The molecule has 1 aromatic carbocycles. The number of nitrogens with zero attached hydrogens (tertiary/aromatic N) is 4. The second-order valence-corrected chi connectivity index (χ2v) is 4.60. The Labute approximate surface area is 113 Å². The topological polar surface area (TPSA) is 43.1 Å². The largest absolute Gasteiger partial charge is 0.252 e. The van der Waals surface area contributed by atoms with E-state index in [1.54, 1.807) is 17.6 Å². The van der Waals surface area contributed by atoms with Crippen molar-refractivity contribution in [2.24, 2.45) is 0 Å². The summed E-state index contributed by atoms with van der Waals surface area (Å²) < 4.78 is 1.60. The number of imidazole rings is 1. The van der Waals surface area contributed by atoms with E-state index >= 15 is 0 Å². The third-order valence-electron chi connectivity index (χ3n) is 2.57. The SMILES string of the molecule is Cc1nn2cc(-c3ccccc3Cl)nc2nc1Cl. The average molecular weight is 279 g/mol. The first-order chi connectivity index (χ1) is 8.65. The molecule has 0 amide bonds. The predicted molar refractivity (Wildman–Crippen MR) is 71.0 cm³/mol. The lowest BCUT2D eigenvalue weighted by molar-refractivity contribution is 0.869. The van der Waals surface area contributed by atoms with Crippen LogP contribution in [0, 0.1) is 6.92 Å². The first-order valence-corrected chi connectivity index (χ1v) is 6.05. The highest BCUT2D eigenvalue weighted by Crippen LogP contribution is 2.26. The minimum atomic E-state index is 0.360. The molecule has 4 nitrogen and oxygen atoms in total. The first-order valence-electron chi connectivity index (χ1n) is 5.29. The number of hydrogen-bond acceptors (Lipinski definition) is 3. The summed E-state index contributed by atoms with van der Waals surface area (Å²) >= 11 is 12.1. The van der Waals surface area contributed by atoms with Crippen LogP contribution in [0.3, 0.4) is 0 Å². The van der Waals surface area contributed by atoms with Gasteiger partial charge in [-0.25, -0.2) is 9.50 Å². The zero-order valence-electron chi connectivity index (χ0n) is 9.43. The number of halogens is 2. The van der Waals surface area contributed by atoms with E-state index < -0.39 is 0 Å². The van der Waals surface area contributed by atoms with Crippen LogP contribution in [0.15, 0.2) is 30.5 Å². The highest BCUT2D eigenvalue weighted by molar-refractivity contribution is 6.33. The maximum atomic E-state index is 6.13. The van der Waals surface area contributed by atoms with E-state index in [-0.39, 0.29) is 0 Å². The van der Waals surface area contributed by atoms with Crippen LogP contribution in [0.4, 0.5) is 0 Å². The molecular weight excluding hydrogens is 271 g/mol. The number of rotatable bonds is 1. The predicted octanol–water partition coefficient (Wildman–Crippen LogP) is 3.41. The maximum absolute atomic E-state index is 6.13. The normalized spacial score (nSPS) is 11.1. The Hall–Kier alpha value is -1.65. The van der Waals surface area contributed by atoms with Crippen molar-refractivity contribution in [3.05, 3.63) is 46.3 Å². The van der Waals surface area contributed by atoms with Gasteiger partial charge in [-0.1, -0.05) is 41.4 Å². The summed E-state index contributed by atoms with van der Waals surface area (Å²) in [7, 11) is 0. The molecule has 0 saturated heterocycles. The number of aromatic nitrogens is 4. The van der Waals surface area contributed by atoms with Crippen LogP contribution in [0.2, 0.25) is 10.2 Å². The van der Waals surface area contributed by atoms with Crippen LogP contribution in [-0.2, 0) is 0 Å². The summed E-state index contributed by atoms with van der Waals surface area (Å²) in [5.41, 5.74) is 2.23. The van der Waals surface area contributed by atoms with Crippen molar-refractivity contribution in [2.45, 2.75) is 6.92 Å². The third-order valence-corrected chi connectivity index (χ3v) is 3.26. The molecule has 0 atom stereocenters. The molecule has 0 unspecified atom stereocenters. The zero-order valence-corrected chi connectivity index (χ0v) is 10.9. The molecule has 0 N–H and O–H groups in total. The van der Waals surface area contributed by atoms with Crippen molar-refractivity contribution < 1.29 is 0 Å². The second-order valence-electron chi connectivity index (χ2n) is 3.84. The van der Waals surface area contributed by atoms with Crippen molar-refractivity contribution in [1.29, 1.82) is 0 Å². The lowest BCUT2D eigenvalue weighted by atomic mass is 10.2. The van der Waals surface area contributed by atoms with Crippen LogP contribution < -0.4 is 0 Å². The van der Waals surface area contributed by atoms with Gasteiger partial charge in [0.05, 0.1) is 22.6 Å². The average Bonchev–Trinajstić information content (AvgIpc) is 2.73. The van der Waals surface area contributed by atoms with Gasteiger partial charge in [0.25, 0.3) is 5.78 Å². The Bertz CT molecular complexity index is 697. The van der Waals surface area contributed by atoms with E-state index in [2.05, 4.69) is 15.1 Å². The minimum Gasteiger partial charge on any atom is -0.209 e. The van der Waals surface area contributed by atoms with E-state index in [0.717, 1.165) is 11.3 Å². The molecule has 0 saturated carbocycles. The number of benzene rings is 1. The molecule has 6 heteroatoms. The van der Waals surface area contributed by atoms with Crippen LogP contribution in [-0.4, -0.2) is 19.6 Å². The molecule has 90 valence electrons. The third kappa shape index (κ3) is 1.83. The molecule has 3 rings (SSSR count). The zero-order chi connectivity index (χ0) is 12.7. The van der Waals surface area contributed by atoms with Crippen molar-refractivity contribution in [1.82, 2.24) is 19.6 Å². The standard InChI is InChI=1S/C12H8Cl2N4/c1-7-11(14)16-12-15-10(6-18(12)17-7)8-4-2-3-5-9(8)13/h2-6H,1H3. The Morgan fingerprint density at radius 3 is 2.67 bits per heavy atom. The van der Waals surface area contributed by atoms with E-state index in [1.165, 1.54) is 0 Å². The molecule has 0 radical (unpaired) electrons. The molecule has 0 aliphatic heterocycles. The Morgan fingerprint density at radius 2 is 1.89 bits per heavy atom. The summed E-state index contributed by atoms with van der Waals surface area (Å²) in [6.07, 6.45) is 1.78. The van der Waals surface area contributed by atoms with Gasteiger partial charge in [-0.15, -0.1) is 0 Å². The molecular formula is C12H8Cl2N4. The number of aryl methyl sites for hydroxylation is 1. The Morgan fingerprint density at radius 1 is 1.11 bits per heavy atom. The first kappa shape index (κ1) is 11.4. The molecule has 0 fully saturated rings. The quantitative estimate of drug-likeness (QED) is 0.685. The van der Waals surface area contributed by atoms with E-state index in [4.69, 9.17) is 23.2 Å². The fourth-order valence-corrected chi connectivity index (χ4v) is 2.03. The fraction of sp³-hybridized carbons (Fsp3) is 0.0833. The molecule has 0 aliphatic rings. The second kappa shape index (κ2) is 4.23. The van der Waals surface area contributed by atoms with E-state index in [0.29, 0.717) is 21.6 Å². The number of fused-ring (bicyclic) bond motifs is 1. The van der Waals surface area contributed by atoms with Gasteiger partial charge < -0.3 is 0 Å². The number of hydrogen-bond donors (Lipinski definition) is 0. The van der Waals surface area contributed by atoms with Crippen molar-refractivity contribution in [3.8, 4) is 11.3 Å². The monoisotopic (exact) mass is 278 g/mol. The molecule has 18 heavy (non-hydrogen) atoms.